The SMILES string of the molecule is c1cnc(OC2CCSCC2)nc1. The van der Waals surface area contributed by atoms with Gasteiger partial charge in [-0.2, -0.15) is 11.8 Å². The predicted octanol–water partition coefficient (Wildman–Crippen LogP) is 1.75. The van der Waals surface area contributed by atoms with E-state index in [1.165, 1.54) is 11.5 Å². The maximum absolute atomic E-state index is 5.62. The van der Waals surface area contributed by atoms with Crippen molar-refractivity contribution in [2.45, 2.75) is 18.9 Å². The molecule has 2 rings (SSSR count). The minimum absolute atomic E-state index is 0.323. The highest BCUT2D eigenvalue weighted by Gasteiger charge is 2.15. The van der Waals surface area contributed by atoms with Crippen LogP contribution in [0.1, 0.15) is 12.8 Å². The van der Waals surface area contributed by atoms with Crippen LogP contribution in [0.25, 0.3) is 0 Å². The van der Waals surface area contributed by atoms with E-state index in [-0.39, 0.29) is 0 Å². The fourth-order valence-electron chi connectivity index (χ4n) is 1.29. The number of hydrogen-bond acceptors (Lipinski definition) is 4. The Morgan fingerprint density at radius 2 is 1.92 bits per heavy atom. The van der Waals surface area contributed by atoms with Gasteiger partial charge in [0.2, 0.25) is 0 Å². The summed E-state index contributed by atoms with van der Waals surface area (Å²) >= 11 is 1.99. The van der Waals surface area contributed by atoms with Gasteiger partial charge in [0.25, 0.3) is 0 Å². The van der Waals surface area contributed by atoms with Crippen molar-refractivity contribution < 1.29 is 4.74 Å². The van der Waals surface area contributed by atoms with Gasteiger partial charge in [0.05, 0.1) is 0 Å². The zero-order valence-corrected chi connectivity index (χ0v) is 8.17. The molecule has 0 spiro atoms. The molecule has 0 unspecified atom stereocenters. The van der Waals surface area contributed by atoms with Crippen LogP contribution in [0.2, 0.25) is 0 Å². The lowest BCUT2D eigenvalue weighted by molar-refractivity contribution is 0.176. The van der Waals surface area contributed by atoms with Crippen LogP contribution in [0.4, 0.5) is 0 Å². The van der Waals surface area contributed by atoms with Crippen molar-refractivity contribution >= 4 is 11.8 Å². The molecule has 0 N–H and O–H groups in total. The van der Waals surface area contributed by atoms with Gasteiger partial charge in [0, 0.05) is 12.4 Å². The second-order valence-corrected chi connectivity index (χ2v) is 4.19. The van der Waals surface area contributed by atoms with E-state index in [1.807, 2.05) is 11.8 Å². The van der Waals surface area contributed by atoms with Crippen molar-refractivity contribution in [2.24, 2.45) is 0 Å². The normalized spacial score (nSPS) is 18.5. The molecule has 70 valence electrons. The van der Waals surface area contributed by atoms with Crippen LogP contribution >= 0.6 is 11.8 Å². The molecule has 3 nitrogen and oxygen atoms in total. The first-order valence-corrected chi connectivity index (χ1v) is 5.62. The topological polar surface area (TPSA) is 35.0 Å². The second-order valence-electron chi connectivity index (χ2n) is 2.96. The van der Waals surface area contributed by atoms with Gasteiger partial charge in [-0.3, -0.25) is 0 Å². The fourth-order valence-corrected chi connectivity index (χ4v) is 2.35. The Balaban J connectivity index is 1.90. The molecular formula is C9H12N2OS. The van der Waals surface area contributed by atoms with E-state index < -0.39 is 0 Å². The van der Waals surface area contributed by atoms with Gasteiger partial charge in [0.1, 0.15) is 6.10 Å². The first-order valence-electron chi connectivity index (χ1n) is 4.46. The van der Waals surface area contributed by atoms with Gasteiger partial charge < -0.3 is 4.74 Å². The van der Waals surface area contributed by atoms with Gasteiger partial charge in [-0.15, -0.1) is 0 Å². The molecule has 1 aromatic heterocycles. The fraction of sp³-hybridized carbons (Fsp3) is 0.556. The summed E-state index contributed by atoms with van der Waals surface area (Å²) < 4.78 is 5.62. The predicted molar refractivity (Wildman–Crippen MR) is 53.0 cm³/mol. The summed E-state index contributed by atoms with van der Waals surface area (Å²) in [6.07, 6.45) is 5.97. The van der Waals surface area contributed by atoms with Crippen LogP contribution in [-0.2, 0) is 0 Å². The average Bonchev–Trinajstić information content (AvgIpc) is 2.21. The first-order chi connectivity index (χ1) is 6.45. The number of aromatic nitrogens is 2. The molecule has 0 radical (unpaired) electrons. The van der Waals surface area contributed by atoms with Gasteiger partial charge in [0.15, 0.2) is 0 Å². The molecule has 1 aromatic rings. The lowest BCUT2D eigenvalue weighted by atomic mass is 10.2. The molecule has 4 heteroatoms. The Labute approximate surface area is 81.9 Å². The third-order valence-corrected chi connectivity index (χ3v) is 3.03. The monoisotopic (exact) mass is 196 g/mol. The minimum Gasteiger partial charge on any atom is -0.460 e. The zero-order valence-electron chi connectivity index (χ0n) is 7.35. The highest BCUT2D eigenvalue weighted by molar-refractivity contribution is 7.99. The number of hydrogen-bond donors (Lipinski definition) is 0. The van der Waals surface area contributed by atoms with Crippen molar-refractivity contribution in [2.75, 3.05) is 11.5 Å². The number of thioether (sulfide) groups is 1. The molecule has 0 atom stereocenters. The van der Waals surface area contributed by atoms with Gasteiger partial charge >= 0.3 is 6.01 Å². The summed E-state index contributed by atoms with van der Waals surface area (Å²) in [6.45, 7) is 0. The van der Waals surface area contributed by atoms with E-state index in [2.05, 4.69) is 9.97 Å². The van der Waals surface area contributed by atoms with Crippen LogP contribution in [-0.4, -0.2) is 27.6 Å². The maximum Gasteiger partial charge on any atom is 0.316 e. The van der Waals surface area contributed by atoms with E-state index >= 15 is 0 Å². The lowest BCUT2D eigenvalue weighted by Crippen LogP contribution is -2.22. The van der Waals surface area contributed by atoms with E-state index in [1.54, 1.807) is 18.5 Å². The molecular weight excluding hydrogens is 184 g/mol. The highest BCUT2D eigenvalue weighted by Crippen LogP contribution is 2.20. The Bertz CT molecular complexity index is 249. The van der Waals surface area contributed by atoms with Crippen molar-refractivity contribution in [3.05, 3.63) is 18.5 Å². The number of ether oxygens (including phenoxy) is 1. The third kappa shape index (κ3) is 2.59. The standard InChI is InChI=1S/C9H12N2OS/c1-4-10-9(11-5-1)12-8-2-6-13-7-3-8/h1,4-5,8H,2-3,6-7H2. The largest absolute Gasteiger partial charge is 0.460 e. The molecule has 1 aliphatic rings. The molecule has 0 aromatic carbocycles. The van der Waals surface area contributed by atoms with Gasteiger partial charge in [-0.1, -0.05) is 0 Å². The van der Waals surface area contributed by atoms with Crippen LogP contribution < -0.4 is 4.74 Å². The lowest BCUT2D eigenvalue weighted by Gasteiger charge is -2.21. The van der Waals surface area contributed by atoms with E-state index in [0.29, 0.717) is 12.1 Å². The molecule has 1 fully saturated rings. The minimum atomic E-state index is 0.323. The molecule has 0 bridgehead atoms. The van der Waals surface area contributed by atoms with E-state index in [0.717, 1.165) is 12.8 Å². The molecule has 0 amide bonds. The first kappa shape index (κ1) is 8.81. The van der Waals surface area contributed by atoms with Crippen molar-refractivity contribution in [1.29, 1.82) is 0 Å². The van der Waals surface area contributed by atoms with Crippen molar-refractivity contribution in [3.63, 3.8) is 0 Å². The summed E-state index contributed by atoms with van der Waals surface area (Å²) in [6, 6.07) is 2.31. The molecule has 0 saturated carbocycles. The molecule has 0 aliphatic carbocycles. The Hall–Kier alpha value is -0.770. The van der Waals surface area contributed by atoms with Gasteiger partial charge in [-0.25, -0.2) is 9.97 Å². The molecule has 1 aliphatic heterocycles. The van der Waals surface area contributed by atoms with Crippen molar-refractivity contribution in [3.8, 4) is 6.01 Å². The van der Waals surface area contributed by atoms with Crippen molar-refractivity contribution in [1.82, 2.24) is 9.97 Å². The molecule has 1 saturated heterocycles. The summed E-state index contributed by atoms with van der Waals surface area (Å²) in [4.78, 5) is 8.07. The average molecular weight is 196 g/mol. The summed E-state index contributed by atoms with van der Waals surface area (Å²) in [5.41, 5.74) is 0. The second kappa shape index (κ2) is 4.46. The van der Waals surface area contributed by atoms with E-state index in [4.69, 9.17) is 4.74 Å². The molecule has 2 heterocycles. The highest BCUT2D eigenvalue weighted by atomic mass is 32.2. The maximum atomic E-state index is 5.62. The summed E-state index contributed by atoms with van der Waals surface area (Å²) in [5.74, 6) is 2.38. The third-order valence-electron chi connectivity index (χ3n) is 1.98. The zero-order chi connectivity index (χ0) is 8.93. The Morgan fingerprint density at radius 3 is 2.62 bits per heavy atom. The van der Waals surface area contributed by atoms with Crippen LogP contribution in [0.15, 0.2) is 18.5 Å². The quantitative estimate of drug-likeness (QED) is 0.722. The van der Waals surface area contributed by atoms with Crippen LogP contribution in [0, 0.1) is 0 Å². The van der Waals surface area contributed by atoms with Gasteiger partial charge in [-0.05, 0) is 30.4 Å². The summed E-state index contributed by atoms with van der Waals surface area (Å²) in [7, 11) is 0. The van der Waals surface area contributed by atoms with Crippen LogP contribution in [0.5, 0.6) is 6.01 Å². The number of rotatable bonds is 2. The smallest absolute Gasteiger partial charge is 0.316 e. The van der Waals surface area contributed by atoms with E-state index in [9.17, 15) is 0 Å². The number of nitrogens with zero attached hydrogens (tertiary/aromatic N) is 2. The molecule has 13 heavy (non-hydrogen) atoms. The Kier molecular flexibility index (Phi) is 3.02. The van der Waals surface area contributed by atoms with Crippen LogP contribution in [0.3, 0.4) is 0 Å². The summed E-state index contributed by atoms with van der Waals surface area (Å²) in [5, 5.41) is 0. The Morgan fingerprint density at radius 1 is 1.23 bits per heavy atom.